The van der Waals surface area contributed by atoms with Gasteiger partial charge in [0.2, 0.25) is 0 Å². The number of rotatable bonds is 7. The molecule has 0 aliphatic carbocycles. The first-order valence-electron chi connectivity index (χ1n) is 9.19. The number of nitrogen functional groups attached to an aromatic ring is 1. The van der Waals surface area contributed by atoms with E-state index in [1.165, 1.54) is 19.2 Å². The van der Waals surface area contributed by atoms with Gasteiger partial charge in [-0.1, -0.05) is 54.6 Å². The highest BCUT2D eigenvalue weighted by Gasteiger charge is 2.27. The number of nitrogens with two attached hydrogens (primary N) is 1. The largest absolute Gasteiger partial charge is 0.384 e. The van der Waals surface area contributed by atoms with Gasteiger partial charge < -0.3 is 15.8 Å². The molecule has 0 radical (unpaired) electrons. The first kappa shape index (κ1) is 21.1. The molecule has 4 N–H and O–H groups in total. The third-order valence-corrected chi connectivity index (χ3v) is 4.65. The van der Waals surface area contributed by atoms with Crippen molar-refractivity contribution < 1.29 is 18.3 Å². The van der Waals surface area contributed by atoms with Crippen LogP contribution in [-0.2, 0) is 16.1 Å². The molecule has 3 aromatic rings. The summed E-state index contributed by atoms with van der Waals surface area (Å²) >= 11 is 0. The molecule has 3 rings (SSSR count). The average Bonchev–Trinajstić information content (AvgIpc) is 2.75. The molecular weight excluding hydrogens is 388 g/mol. The monoisotopic (exact) mass is 409 g/mol. The van der Waals surface area contributed by atoms with Crippen molar-refractivity contribution in [1.29, 1.82) is 5.41 Å². The van der Waals surface area contributed by atoms with E-state index in [0.717, 1.165) is 5.56 Å². The van der Waals surface area contributed by atoms with Crippen LogP contribution in [0.5, 0.6) is 0 Å². The lowest BCUT2D eigenvalue weighted by Crippen LogP contribution is -2.31. The summed E-state index contributed by atoms with van der Waals surface area (Å²) in [7, 11) is 1.22. The van der Waals surface area contributed by atoms with Gasteiger partial charge in [0.05, 0.1) is 5.56 Å². The summed E-state index contributed by atoms with van der Waals surface area (Å²) in [4.78, 5) is 12.6. The molecule has 7 heteroatoms. The molecule has 0 aromatic heterocycles. The maximum absolute atomic E-state index is 14.7. The topological polar surface area (TPSA) is 88.2 Å². The van der Waals surface area contributed by atoms with Crippen LogP contribution in [0.2, 0.25) is 0 Å². The summed E-state index contributed by atoms with van der Waals surface area (Å²) in [5, 5.41) is 10.00. The van der Waals surface area contributed by atoms with Gasteiger partial charge in [0.15, 0.2) is 6.10 Å². The van der Waals surface area contributed by atoms with Gasteiger partial charge in [-0.05, 0) is 28.8 Å². The highest BCUT2D eigenvalue weighted by Crippen LogP contribution is 2.29. The SMILES string of the molecule is COC(C(=O)NCc1ccc(C(=N)N)cc1)c1c(F)cc(-c2ccccc2)cc1F. The standard InChI is InChI=1S/C23H21F2N3O2/c1-30-21(23(29)28-13-14-7-9-16(10-8-14)22(26)27)20-18(24)11-17(12-19(20)25)15-5-3-2-4-6-15/h2-12,21H,13H2,1H3,(H3,26,27)(H,28,29). The molecule has 0 aliphatic heterocycles. The molecule has 0 bridgehead atoms. The number of hydrogen-bond donors (Lipinski definition) is 3. The number of nitrogens with one attached hydrogen (secondary N) is 2. The molecule has 1 unspecified atom stereocenters. The van der Waals surface area contributed by atoms with Crippen molar-refractivity contribution in [2.24, 2.45) is 5.73 Å². The summed E-state index contributed by atoms with van der Waals surface area (Å²) in [6.07, 6.45) is -1.44. The summed E-state index contributed by atoms with van der Waals surface area (Å²) in [6, 6.07) is 17.9. The van der Waals surface area contributed by atoms with Crippen molar-refractivity contribution in [1.82, 2.24) is 5.32 Å². The van der Waals surface area contributed by atoms with Crippen molar-refractivity contribution in [3.8, 4) is 11.1 Å². The fourth-order valence-corrected chi connectivity index (χ4v) is 3.07. The van der Waals surface area contributed by atoms with E-state index < -0.39 is 29.2 Å². The lowest BCUT2D eigenvalue weighted by Gasteiger charge is -2.18. The fourth-order valence-electron chi connectivity index (χ4n) is 3.07. The number of benzene rings is 3. The molecule has 1 amide bonds. The van der Waals surface area contributed by atoms with Gasteiger partial charge in [-0.2, -0.15) is 0 Å². The van der Waals surface area contributed by atoms with Gasteiger partial charge >= 0.3 is 0 Å². The Morgan fingerprint density at radius 1 is 1.03 bits per heavy atom. The van der Waals surface area contributed by atoms with E-state index in [1.54, 1.807) is 48.5 Å². The van der Waals surface area contributed by atoms with Crippen molar-refractivity contribution >= 4 is 11.7 Å². The summed E-state index contributed by atoms with van der Waals surface area (Å²) in [5.41, 5.74) is 7.30. The molecule has 0 fully saturated rings. The maximum atomic E-state index is 14.7. The molecule has 0 aliphatic rings. The number of amides is 1. The Kier molecular flexibility index (Phi) is 6.54. The lowest BCUT2D eigenvalue weighted by atomic mass is 10.00. The van der Waals surface area contributed by atoms with Crippen LogP contribution < -0.4 is 11.1 Å². The van der Waals surface area contributed by atoms with E-state index in [4.69, 9.17) is 15.9 Å². The predicted octanol–water partition coefficient (Wildman–Crippen LogP) is 3.92. The van der Waals surface area contributed by atoms with Gasteiger partial charge in [-0.15, -0.1) is 0 Å². The lowest BCUT2D eigenvalue weighted by molar-refractivity contribution is -0.131. The van der Waals surface area contributed by atoms with Crippen LogP contribution in [0.3, 0.4) is 0 Å². The second kappa shape index (κ2) is 9.28. The highest BCUT2D eigenvalue weighted by atomic mass is 19.1. The minimum Gasteiger partial charge on any atom is -0.384 e. The zero-order valence-electron chi connectivity index (χ0n) is 16.3. The van der Waals surface area contributed by atoms with Crippen LogP contribution in [-0.4, -0.2) is 18.9 Å². The van der Waals surface area contributed by atoms with E-state index in [2.05, 4.69) is 5.32 Å². The maximum Gasteiger partial charge on any atom is 0.254 e. The van der Waals surface area contributed by atoms with Crippen LogP contribution in [0.25, 0.3) is 11.1 Å². The molecule has 0 saturated heterocycles. The number of halogens is 2. The zero-order valence-corrected chi connectivity index (χ0v) is 16.3. The van der Waals surface area contributed by atoms with Gasteiger partial charge in [0.25, 0.3) is 5.91 Å². The Balaban J connectivity index is 1.77. The smallest absolute Gasteiger partial charge is 0.254 e. The Bertz CT molecular complexity index is 1030. The minimum atomic E-state index is -1.44. The quantitative estimate of drug-likeness (QED) is 0.408. The number of carbonyl (C=O) groups excluding carboxylic acids is 1. The Labute approximate surface area is 173 Å². The van der Waals surface area contributed by atoms with E-state index in [-0.39, 0.29) is 12.4 Å². The van der Waals surface area contributed by atoms with Crippen molar-refractivity contribution in [3.05, 3.63) is 95.1 Å². The molecule has 0 saturated carbocycles. The first-order valence-corrected chi connectivity index (χ1v) is 9.19. The molecule has 154 valence electrons. The summed E-state index contributed by atoms with van der Waals surface area (Å²) < 4.78 is 34.6. The average molecular weight is 409 g/mol. The third-order valence-electron chi connectivity index (χ3n) is 4.65. The van der Waals surface area contributed by atoms with Crippen LogP contribution in [0.4, 0.5) is 8.78 Å². The van der Waals surface area contributed by atoms with Gasteiger partial charge in [-0.3, -0.25) is 10.2 Å². The Morgan fingerprint density at radius 3 is 2.17 bits per heavy atom. The fraction of sp³-hybridized carbons (Fsp3) is 0.130. The molecule has 3 aromatic carbocycles. The molecule has 0 heterocycles. The second-order valence-corrected chi connectivity index (χ2v) is 6.66. The second-order valence-electron chi connectivity index (χ2n) is 6.66. The normalized spacial score (nSPS) is 11.7. The molecular formula is C23H21F2N3O2. The van der Waals surface area contributed by atoms with Crippen molar-refractivity contribution in [2.75, 3.05) is 7.11 Å². The molecule has 1 atom stereocenters. The van der Waals surface area contributed by atoms with Crippen molar-refractivity contribution in [3.63, 3.8) is 0 Å². The number of methoxy groups -OCH3 is 1. The molecule has 30 heavy (non-hydrogen) atoms. The summed E-state index contributed by atoms with van der Waals surface area (Å²) in [5.74, 6) is -2.45. The van der Waals surface area contributed by atoms with Crippen molar-refractivity contribution in [2.45, 2.75) is 12.6 Å². The minimum absolute atomic E-state index is 0.0602. The van der Waals surface area contributed by atoms with Crippen LogP contribution in [0, 0.1) is 17.0 Å². The van der Waals surface area contributed by atoms with E-state index in [0.29, 0.717) is 16.7 Å². The third kappa shape index (κ3) is 4.69. The number of hydrogen-bond acceptors (Lipinski definition) is 3. The van der Waals surface area contributed by atoms with E-state index in [1.807, 2.05) is 6.07 Å². The van der Waals surface area contributed by atoms with Crippen LogP contribution in [0.15, 0.2) is 66.7 Å². The first-order chi connectivity index (χ1) is 14.4. The molecule has 0 spiro atoms. The Hall–Kier alpha value is -3.58. The van der Waals surface area contributed by atoms with E-state index in [9.17, 15) is 13.6 Å². The van der Waals surface area contributed by atoms with Gasteiger partial charge in [0.1, 0.15) is 17.5 Å². The van der Waals surface area contributed by atoms with E-state index >= 15 is 0 Å². The number of ether oxygens (including phenoxy) is 1. The number of amidine groups is 1. The van der Waals surface area contributed by atoms with Crippen LogP contribution in [0.1, 0.15) is 22.8 Å². The van der Waals surface area contributed by atoms with Gasteiger partial charge in [0, 0.05) is 19.2 Å². The van der Waals surface area contributed by atoms with Gasteiger partial charge in [-0.25, -0.2) is 8.78 Å². The highest BCUT2D eigenvalue weighted by molar-refractivity contribution is 5.94. The van der Waals surface area contributed by atoms with Crippen LogP contribution >= 0.6 is 0 Å². The Morgan fingerprint density at radius 2 is 1.63 bits per heavy atom. The molecule has 5 nitrogen and oxygen atoms in total. The summed E-state index contributed by atoms with van der Waals surface area (Å²) in [6.45, 7) is 0.127. The zero-order chi connectivity index (χ0) is 21.7. The predicted molar refractivity (Wildman–Crippen MR) is 111 cm³/mol. The number of carbonyl (C=O) groups is 1.